The lowest BCUT2D eigenvalue weighted by Crippen LogP contribution is -2.55. The molecule has 1 aliphatic rings. The minimum atomic E-state index is -1.13. The van der Waals surface area contributed by atoms with Crippen LogP contribution in [-0.4, -0.2) is 61.6 Å². The minimum absolute atomic E-state index is 0.000657. The van der Waals surface area contributed by atoms with Crippen molar-refractivity contribution in [3.63, 3.8) is 0 Å². The van der Waals surface area contributed by atoms with E-state index < -0.39 is 29.4 Å². The van der Waals surface area contributed by atoms with Crippen molar-refractivity contribution in [3.05, 3.63) is 83.5 Å². The standard InChI is InChI=1S/C30H22ClF3N8O2/c1-16(32)29(43)42-12-11-41(14-19(42)7-9-35)28-21-13-36-26(20-4-2-3-17-5-6-22(33)24(31)23(17)20)25(34)27(21)38-30(39-28)44-15-18-8-10-37-40-18/h2-6,8,10,13,19H,1,7,11-12,14-15H2,(H,37,40)/t19-/m0/s1. The van der Waals surface area contributed by atoms with Crippen LogP contribution in [0.15, 0.2) is 61.2 Å². The fourth-order valence-corrected chi connectivity index (χ4v) is 5.55. The maximum Gasteiger partial charge on any atom is 0.319 e. The molecule has 1 aliphatic heterocycles. The van der Waals surface area contributed by atoms with Crippen molar-refractivity contribution in [2.24, 2.45) is 0 Å². The Bertz CT molecular complexity index is 1960. The van der Waals surface area contributed by atoms with Gasteiger partial charge in [0.25, 0.3) is 5.91 Å². The van der Waals surface area contributed by atoms with Crippen LogP contribution in [0.25, 0.3) is 32.9 Å². The monoisotopic (exact) mass is 618 g/mol. The molecule has 1 N–H and O–H groups in total. The Morgan fingerprint density at radius 3 is 2.80 bits per heavy atom. The van der Waals surface area contributed by atoms with E-state index in [1.807, 2.05) is 6.07 Å². The summed E-state index contributed by atoms with van der Waals surface area (Å²) in [6.07, 6.45) is 2.86. The topological polar surface area (TPSA) is 124 Å². The number of halogens is 4. The lowest BCUT2D eigenvalue weighted by atomic mass is 10.0. The van der Waals surface area contributed by atoms with Crippen molar-refractivity contribution in [1.29, 1.82) is 5.26 Å². The number of piperazine rings is 1. The van der Waals surface area contributed by atoms with Crippen LogP contribution in [0, 0.1) is 23.0 Å². The molecule has 5 aromatic rings. The van der Waals surface area contributed by atoms with Crippen molar-refractivity contribution in [3.8, 4) is 23.3 Å². The van der Waals surface area contributed by atoms with Crippen LogP contribution < -0.4 is 9.64 Å². The van der Waals surface area contributed by atoms with E-state index in [2.05, 4.69) is 31.7 Å². The molecule has 3 aromatic heterocycles. The number of pyridine rings is 1. The smallest absolute Gasteiger partial charge is 0.319 e. The Morgan fingerprint density at radius 2 is 2.05 bits per heavy atom. The van der Waals surface area contributed by atoms with Gasteiger partial charge in [0.2, 0.25) is 0 Å². The van der Waals surface area contributed by atoms with Gasteiger partial charge in [-0.15, -0.1) is 0 Å². The zero-order valence-corrected chi connectivity index (χ0v) is 23.7. The Kier molecular flexibility index (Phi) is 7.75. The Labute approximate surface area is 253 Å². The van der Waals surface area contributed by atoms with E-state index in [0.717, 1.165) is 0 Å². The third kappa shape index (κ3) is 5.24. The quantitative estimate of drug-likeness (QED) is 0.237. The number of carbonyl (C=O) groups is 1. The second-order valence-electron chi connectivity index (χ2n) is 10.0. The Hall–Kier alpha value is -5.22. The first-order chi connectivity index (χ1) is 21.3. The molecule has 4 heterocycles. The summed E-state index contributed by atoms with van der Waals surface area (Å²) in [5.74, 6) is -3.27. The highest BCUT2D eigenvalue weighted by Crippen LogP contribution is 2.38. The van der Waals surface area contributed by atoms with Gasteiger partial charge in [0.1, 0.15) is 29.5 Å². The number of carbonyl (C=O) groups excluding carboxylic acids is 1. The first-order valence-electron chi connectivity index (χ1n) is 13.4. The van der Waals surface area contributed by atoms with Crippen molar-refractivity contribution in [1.82, 2.24) is 30.0 Å². The number of benzene rings is 2. The fraction of sp³-hybridized carbons (Fsp3) is 0.200. The number of aromatic amines is 1. The summed E-state index contributed by atoms with van der Waals surface area (Å²) in [7, 11) is 0. The van der Waals surface area contributed by atoms with Gasteiger partial charge in [0, 0.05) is 43.0 Å². The van der Waals surface area contributed by atoms with E-state index >= 15 is 4.39 Å². The molecular weight excluding hydrogens is 597 g/mol. The Morgan fingerprint density at radius 1 is 1.20 bits per heavy atom. The highest BCUT2D eigenvalue weighted by atomic mass is 35.5. The fourth-order valence-electron chi connectivity index (χ4n) is 5.28. The van der Waals surface area contributed by atoms with Crippen LogP contribution in [-0.2, 0) is 11.4 Å². The van der Waals surface area contributed by atoms with E-state index in [4.69, 9.17) is 16.3 Å². The number of rotatable bonds is 7. The average molecular weight is 619 g/mol. The number of hydrogen-bond donors (Lipinski definition) is 1. The van der Waals surface area contributed by atoms with E-state index in [0.29, 0.717) is 16.5 Å². The molecule has 0 radical (unpaired) electrons. The van der Waals surface area contributed by atoms with Crippen molar-refractivity contribution in [2.45, 2.75) is 19.1 Å². The number of anilines is 1. The molecule has 14 heteroatoms. The third-order valence-electron chi connectivity index (χ3n) is 7.35. The van der Waals surface area contributed by atoms with Gasteiger partial charge in [-0.3, -0.25) is 14.9 Å². The van der Waals surface area contributed by atoms with Gasteiger partial charge in [-0.2, -0.15) is 20.3 Å². The number of amides is 1. The molecule has 10 nitrogen and oxygen atoms in total. The number of aromatic nitrogens is 5. The van der Waals surface area contributed by atoms with Crippen molar-refractivity contribution in [2.75, 3.05) is 24.5 Å². The molecule has 1 amide bonds. The molecule has 0 unspecified atom stereocenters. The average Bonchev–Trinajstić information content (AvgIpc) is 3.55. The van der Waals surface area contributed by atoms with E-state index in [-0.39, 0.29) is 71.7 Å². The first kappa shape index (κ1) is 28.9. The largest absolute Gasteiger partial charge is 0.457 e. The molecule has 0 saturated carbocycles. The number of fused-ring (bicyclic) bond motifs is 2. The summed E-state index contributed by atoms with van der Waals surface area (Å²) in [5, 5.41) is 17.0. The predicted molar refractivity (Wildman–Crippen MR) is 156 cm³/mol. The first-order valence-corrected chi connectivity index (χ1v) is 13.8. The van der Waals surface area contributed by atoms with Gasteiger partial charge in [-0.1, -0.05) is 42.4 Å². The van der Waals surface area contributed by atoms with Crippen molar-refractivity contribution >= 4 is 45.0 Å². The molecule has 44 heavy (non-hydrogen) atoms. The van der Waals surface area contributed by atoms with E-state index in [1.165, 1.54) is 17.2 Å². The summed E-state index contributed by atoms with van der Waals surface area (Å²) < 4.78 is 50.5. The molecule has 222 valence electrons. The lowest BCUT2D eigenvalue weighted by molar-refractivity contribution is -0.131. The minimum Gasteiger partial charge on any atom is -0.457 e. The van der Waals surface area contributed by atoms with Gasteiger partial charge in [0.15, 0.2) is 11.6 Å². The number of H-pyrrole nitrogens is 1. The molecule has 0 bridgehead atoms. The zero-order valence-electron chi connectivity index (χ0n) is 22.9. The molecular formula is C30H22ClF3N8O2. The SMILES string of the molecule is C=C(F)C(=O)N1CCN(c2nc(OCc3ccn[nH]3)nc3c(F)c(-c4cccc5ccc(F)c(Cl)c45)ncc23)C[C@@H]1CC#N. The number of hydrogen-bond acceptors (Lipinski definition) is 8. The maximum absolute atomic E-state index is 16.5. The molecule has 2 aromatic carbocycles. The van der Waals surface area contributed by atoms with Crippen LogP contribution in [0.5, 0.6) is 6.01 Å². The number of nitrogens with one attached hydrogen (secondary N) is 1. The predicted octanol–water partition coefficient (Wildman–Crippen LogP) is 5.49. The summed E-state index contributed by atoms with van der Waals surface area (Å²) in [5.41, 5.74) is 0.640. The highest BCUT2D eigenvalue weighted by molar-refractivity contribution is 6.36. The van der Waals surface area contributed by atoms with Crippen LogP contribution in [0.4, 0.5) is 19.0 Å². The Balaban J connectivity index is 1.48. The third-order valence-corrected chi connectivity index (χ3v) is 7.72. The van der Waals surface area contributed by atoms with E-state index in [1.54, 1.807) is 41.4 Å². The highest BCUT2D eigenvalue weighted by Gasteiger charge is 2.33. The lowest BCUT2D eigenvalue weighted by Gasteiger charge is -2.41. The van der Waals surface area contributed by atoms with Gasteiger partial charge in [-0.25, -0.2) is 13.2 Å². The molecule has 1 saturated heterocycles. The zero-order chi connectivity index (χ0) is 31.0. The van der Waals surface area contributed by atoms with Crippen LogP contribution in [0.2, 0.25) is 5.02 Å². The van der Waals surface area contributed by atoms with Gasteiger partial charge in [-0.05, 0) is 17.5 Å². The van der Waals surface area contributed by atoms with Crippen LogP contribution >= 0.6 is 11.6 Å². The number of nitrogens with zero attached hydrogens (tertiary/aromatic N) is 7. The summed E-state index contributed by atoms with van der Waals surface area (Å²) in [6.45, 7) is 3.40. The summed E-state index contributed by atoms with van der Waals surface area (Å²) in [4.78, 5) is 28.7. The molecule has 1 fully saturated rings. The number of ether oxygens (including phenoxy) is 1. The molecule has 6 rings (SSSR count). The molecule has 0 aliphatic carbocycles. The number of nitriles is 1. The second-order valence-corrected chi connectivity index (χ2v) is 10.4. The summed E-state index contributed by atoms with van der Waals surface area (Å²) >= 11 is 6.32. The maximum atomic E-state index is 16.5. The molecule has 1 atom stereocenters. The normalized spacial score (nSPS) is 15.0. The van der Waals surface area contributed by atoms with Gasteiger partial charge < -0.3 is 14.5 Å². The summed E-state index contributed by atoms with van der Waals surface area (Å²) in [6, 6.07) is 10.6. The van der Waals surface area contributed by atoms with Crippen LogP contribution in [0.3, 0.4) is 0 Å². The van der Waals surface area contributed by atoms with Crippen LogP contribution in [0.1, 0.15) is 12.1 Å². The molecule has 0 spiro atoms. The second kappa shape index (κ2) is 11.8. The van der Waals surface area contributed by atoms with E-state index in [9.17, 15) is 18.8 Å². The van der Waals surface area contributed by atoms with Crippen molar-refractivity contribution < 1.29 is 22.7 Å². The van der Waals surface area contributed by atoms with Gasteiger partial charge in [0.05, 0.1) is 34.6 Å². The van der Waals surface area contributed by atoms with Gasteiger partial charge >= 0.3 is 6.01 Å².